The Bertz CT molecular complexity index is 833. The third-order valence-electron chi connectivity index (χ3n) is 4.34. The highest BCUT2D eigenvalue weighted by molar-refractivity contribution is 5.93. The molecule has 1 N–H and O–H groups in total. The molecule has 4 rings (SSSR count). The van der Waals surface area contributed by atoms with Crippen molar-refractivity contribution < 1.29 is 0 Å². The molecule has 1 aromatic carbocycles. The molecular formula is C17H17N3. The lowest BCUT2D eigenvalue weighted by molar-refractivity contribution is 0.868. The summed E-state index contributed by atoms with van der Waals surface area (Å²) < 4.78 is 2.32. The van der Waals surface area contributed by atoms with Crippen LogP contribution in [0.3, 0.4) is 0 Å². The molecule has 0 spiro atoms. The first-order valence-electron chi connectivity index (χ1n) is 6.98. The molecular weight excluding hydrogens is 246 g/mol. The second-order valence-corrected chi connectivity index (χ2v) is 5.57. The molecule has 0 bridgehead atoms. The number of para-hydroxylation sites is 1. The van der Waals surface area contributed by atoms with E-state index in [4.69, 9.17) is 0 Å². The van der Waals surface area contributed by atoms with Gasteiger partial charge in [-0.2, -0.15) is 0 Å². The molecule has 100 valence electrons. The van der Waals surface area contributed by atoms with Gasteiger partial charge in [-0.1, -0.05) is 29.8 Å². The Kier molecular flexibility index (Phi) is 2.36. The molecule has 0 atom stereocenters. The molecule has 0 aliphatic heterocycles. The molecule has 0 saturated carbocycles. The van der Waals surface area contributed by atoms with Gasteiger partial charge in [-0.05, 0) is 13.0 Å². The maximum Gasteiger partial charge on any atom is 0.0925 e. The van der Waals surface area contributed by atoms with Crippen molar-refractivity contribution in [2.75, 3.05) is 0 Å². The van der Waals surface area contributed by atoms with E-state index in [1.54, 1.807) is 6.33 Å². The zero-order valence-corrected chi connectivity index (χ0v) is 11.8. The number of aromatic amines is 1. The number of nitrogens with zero attached hydrogens (tertiary/aromatic N) is 2. The summed E-state index contributed by atoms with van der Waals surface area (Å²) in [6, 6.07) is 8.63. The molecule has 0 amide bonds. The van der Waals surface area contributed by atoms with Gasteiger partial charge in [0.25, 0.3) is 0 Å². The van der Waals surface area contributed by atoms with Crippen molar-refractivity contribution in [3.8, 4) is 0 Å². The van der Waals surface area contributed by atoms with Gasteiger partial charge < -0.3 is 9.55 Å². The van der Waals surface area contributed by atoms with Gasteiger partial charge in [0.15, 0.2) is 0 Å². The molecule has 0 unspecified atom stereocenters. The van der Waals surface area contributed by atoms with Crippen LogP contribution < -0.4 is 0 Å². The molecule has 1 aliphatic rings. The van der Waals surface area contributed by atoms with Crippen molar-refractivity contribution in [2.24, 2.45) is 7.05 Å². The first-order chi connectivity index (χ1) is 9.74. The Balaban J connectivity index is 1.76. The second-order valence-electron chi connectivity index (χ2n) is 5.57. The highest BCUT2D eigenvalue weighted by Gasteiger charge is 2.21. The summed E-state index contributed by atoms with van der Waals surface area (Å²) in [4.78, 5) is 7.56. The minimum Gasteiger partial charge on any atom is -0.348 e. The van der Waals surface area contributed by atoms with Crippen molar-refractivity contribution in [1.29, 1.82) is 0 Å². The highest BCUT2D eigenvalue weighted by Crippen LogP contribution is 2.34. The van der Waals surface area contributed by atoms with Crippen LogP contribution in [0.1, 0.15) is 22.6 Å². The normalized spacial score (nSPS) is 13.8. The van der Waals surface area contributed by atoms with Crippen molar-refractivity contribution in [3.05, 3.63) is 58.8 Å². The van der Waals surface area contributed by atoms with Gasteiger partial charge >= 0.3 is 0 Å². The number of hydrogen-bond acceptors (Lipinski definition) is 1. The number of hydrogen-bond donors (Lipinski definition) is 1. The smallest absolute Gasteiger partial charge is 0.0925 e. The third-order valence-corrected chi connectivity index (χ3v) is 4.34. The molecule has 20 heavy (non-hydrogen) atoms. The molecule has 1 aliphatic carbocycles. The van der Waals surface area contributed by atoms with E-state index < -0.39 is 0 Å². The monoisotopic (exact) mass is 263 g/mol. The first-order valence-corrected chi connectivity index (χ1v) is 6.98. The van der Waals surface area contributed by atoms with Crippen LogP contribution in [0.25, 0.3) is 17.0 Å². The molecule has 0 radical (unpaired) electrons. The zero-order valence-electron chi connectivity index (χ0n) is 11.8. The summed E-state index contributed by atoms with van der Waals surface area (Å²) in [5.74, 6) is 0. The van der Waals surface area contributed by atoms with Gasteiger partial charge in [0.05, 0.1) is 12.0 Å². The number of benzene rings is 1. The van der Waals surface area contributed by atoms with Gasteiger partial charge in [0.1, 0.15) is 0 Å². The molecule has 3 aromatic rings. The van der Waals surface area contributed by atoms with Crippen LogP contribution in [-0.2, 0) is 19.9 Å². The van der Waals surface area contributed by atoms with Crippen molar-refractivity contribution in [3.63, 3.8) is 0 Å². The quantitative estimate of drug-likeness (QED) is 0.755. The van der Waals surface area contributed by atoms with Gasteiger partial charge in [0.2, 0.25) is 0 Å². The molecule has 2 heterocycles. The first kappa shape index (κ1) is 11.5. The van der Waals surface area contributed by atoms with Crippen LogP contribution in [-0.4, -0.2) is 14.5 Å². The maximum atomic E-state index is 4.41. The lowest BCUT2D eigenvalue weighted by Gasteiger charge is -2.04. The van der Waals surface area contributed by atoms with E-state index in [1.807, 2.05) is 0 Å². The molecule has 0 fully saturated rings. The fourth-order valence-electron chi connectivity index (χ4n) is 3.21. The lowest BCUT2D eigenvalue weighted by Crippen LogP contribution is -1.98. The van der Waals surface area contributed by atoms with Crippen LogP contribution in [0, 0.1) is 6.92 Å². The van der Waals surface area contributed by atoms with Crippen LogP contribution in [0.15, 0.2) is 36.2 Å². The largest absolute Gasteiger partial charge is 0.348 e. The fraction of sp³-hybridized carbons (Fsp3) is 0.235. The Labute approximate surface area is 118 Å². The average Bonchev–Trinajstić information content (AvgIpc) is 3.11. The van der Waals surface area contributed by atoms with Crippen LogP contribution in [0.4, 0.5) is 0 Å². The standard InChI is InChI=1S/C17H17N3/c1-11-15(19-10-18-11)8-12-7-14-13-5-3-4-6-16(13)20(2)17(14)9-12/h3-7,10H,8-9H2,1-2H3,(H,18,19). The number of allylic oxidation sites excluding steroid dienone is 1. The van der Waals surface area contributed by atoms with Crippen LogP contribution >= 0.6 is 0 Å². The van der Waals surface area contributed by atoms with E-state index in [2.05, 4.69) is 58.8 Å². The molecule has 3 nitrogen and oxygen atoms in total. The summed E-state index contributed by atoms with van der Waals surface area (Å²) in [5, 5.41) is 1.36. The summed E-state index contributed by atoms with van der Waals surface area (Å²) >= 11 is 0. The van der Waals surface area contributed by atoms with Crippen LogP contribution in [0.2, 0.25) is 0 Å². The number of nitrogens with one attached hydrogen (secondary N) is 1. The number of imidazole rings is 1. The zero-order chi connectivity index (χ0) is 13.7. The average molecular weight is 263 g/mol. The van der Waals surface area contributed by atoms with E-state index >= 15 is 0 Å². The van der Waals surface area contributed by atoms with E-state index in [1.165, 1.54) is 33.4 Å². The summed E-state index contributed by atoms with van der Waals surface area (Å²) in [7, 11) is 2.16. The van der Waals surface area contributed by atoms with Gasteiger partial charge in [-0.25, -0.2) is 4.98 Å². The minimum atomic E-state index is 0.943. The Morgan fingerprint density at radius 1 is 1.30 bits per heavy atom. The topological polar surface area (TPSA) is 33.6 Å². The van der Waals surface area contributed by atoms with Crippen LogP contribution in [0.5, 0.6) is 0 Å². The van der Waals surface area contributed by atoms with Crippen molar-refractivity contribution >= 4 is 17.0 Å². The predicted molar refractivity (Wildman–Crippen MR) is 81.6 cm³/mol. The minimum absolute atomic E-state index is 0.943. The van der Waals surface area contributed by atoms with E-state index in [9.17, 15) is 0 Å². The number of aryl methyl sites for hydroxylation is 2. The molecule has 0 saturated heterocycles. The fourth-order valence-corrected chi connectivity index (χ4v) is 3.21. The Morgan fingerprint density at radius 3 is 2.95 bits per heavy atom. The highest BCUT2D eigenvalue weighted by atomic mass is 15.0. The maximum absolute atomic E-state index is 4.41. The Hall–Kier alpha value is -2.29. The lowest BCUT2D eigenvalue weighted by atomic mass is 10.1. The number of H-pyrrole nitrogens is 1. The van der Waals surface area contributed by atoms with E-state index in [0.29, 0.717) is 0 Å². The number of fused-ring (bicyclic) bond motifs is 3. The van der Waals surface area contributed by atoms with Gasteiger partial charge in [-0.3, -0.25) is 0 Å². The van der Waals surface area contributed by atoms with Gasteiger partial charge in [-0.15, -0.1) is 0 Å². The summed E-state index contributed by atoms with van der Waals surface area (Å²) in [6.45, 7) is 2.08. The van der Waals surface area contributed by atoms with Crippen molar-refractivity contribution in [1.82, 2.24) is 14.5 Å². The molecule has 2 aromatic heterocycles. The predicted octanol–water partition coefficient (Wildman–Crippen LogP) is 3.39. The summed E-state index contributed by atoms with van der Waals surface area (Å²) in [6.07, 6.45) is 6.11. The second kappa shape index (κ2) is 4.10. The summed E-state index contributed by atoms with van der Waals surface area (Å²) in [5.41, 5.74) is 7.93. The number of rotatable bonds is 2. The van der Waals surface area contributed by atoms with Crippen molar-refractivity contribution in [2.45, 2.75) is 19.8 Å². The SMILES string of the molecule is Cc1[nH]cnc1CC1=Cc2c(n(C)c3ccccc23)C1. The third kappa shape index (κ3) is 1.56. The van der Waals surface area contributed by atoms with Gasteiger partial charge in [0, 0.05) is 47.7 Å². The Morgan fingerprint density at radius 2 is 2.15 bits per heavy atom. The molecule has 3 heteroatoms. The van der Waals surface area contributed by atoms with E-state index in [-0.39, 0.29) is 0 Å². The van der Waals surface area contributed by atoms with E-state index in [0.717, 1.165) is 18.5 Å². The number of aromatic nitrogens is 3.